The van der Waals surface area contributed by atoms with Crippen LogP contribution < -0.4 is 5.14 Å². The van der Waals surface area contributed by atoms with Gasteiger partial charge in [0, 0.05) is 25.7 Å². The smallest absolute Gasteiger partial charge is 0.209 e. The second-order valence-corrected chi connectivity index (χ2v) is 6.64. The van der Waals surface area contributed by atoms with Crippen molar-refractivity contribution >= 4 is 10.0 Å². The van der Waals surface area contributed by atoms with E-state index in [4.69, 9.17) is 19.3 Å². The van der Waals surface area contributed by atoms with Crippen molar-refractivity contribution in [3.63, 3.8) is 0 Å². The largest absolute Gasteiger partial charge is 0.382 e. The number of methoxy groups -OCH3 is 1. The lowest BCUT2D eigenvalue weighted by Crippen LogP contribution is -2.36. The third-order valence-electron chi connectivity index (χ3n) is 3.42. The average Bonchev–Trinajstić information content (AvgIpc) is 2.39. The monoisotopic (exact) mass is 311 g/mol. The van der Waals surface area contributed by atoms with Crippen LogP contribution in [-0.4, -0.2) is 54.3 Å². The summed E-state index contributed by atoms with van der Waals surface area (Å²) in [4.78, 5) is 0. The predicted octanol–water partition coefficient (Wildman–Crippen LogP) is 1.15. The predicted molar refractivity (Wildman–Crippen MR) is 79.1 cm³/mol. The van der Waals surface area contributed by atoms with Crippen molar-refractivity contribution in [1.82, 2.24) is 0 Å². The molecule has 0 saturated carbocycles. The number of nitrogens with two attached hydrogens (primary N) is 1. The number of primary sulfonamides is 1. The van der Waals surface area contributed by atoms with E-state index < -0.39 is 10.0 Å². The molecule has 0 aromatic heterocycles. The molecule has 0 radical (unpaired) electrons. The van der Waals surface area contributed by atoms with Crippen molar-refractivity contribution in [1.29, 1.82) is 0 Å². The van der Waals surface area contributed by atoms with Gasteiger partial charge in [-0.05, 0) is 19.3 Å². The standard InChI is InChI=1S/C13H29NO5S/c1-4-13(5-2,12-20(14,15)16)11-19-8-6-7-18-10-9-17-3/h4-12H2,1-3H3,(H2,14,15,16). The summed E-state index contributed by atoms with van der Waals surface area (Å²) in [6.07, 6.45) is 2.23. The second kappa shape index (κ2) is 10.5. The van der Waals surface area contributed by atoms with Crippen LogP contribution in [0.4, 0.5) is 0 Å². The first-order chi connectivity index (χ1) is 9.39. The lowest BCUT2D eigenvalue weighted by molar-refractivity contribution is 0.0248. The van der Waals surface area contributed by atoms with Crippen molar-refractivity contribution in [2.75, 3.05) is 45.9 Å². The van der Waals surface area contributed by atoms with Gasteiger partial charge in [0.2, 0.25) is 10.0 Å². The van der Waals surface area contributed by atoms with E-state index in [1.165, 1.54) is 0 Å². The van der Waals surface area contributed by atoms with Crippen LogP contribution in [-0.2, 0) is 24.2 Å². The fourth-order valence-electron chi connectivity index (χ4n) is 1.92. The zero-order valence-electron chi connectivity index (χ0n) is 12.9. The molecular formula is C13H29NO5S. The Balaban J connectivity index is 3.93. The van der Waals surface area contributed by atoms with Crippen LogP contribution >= 0.6 is 0 Å². The topological polar surface area (TPSA) is 87.8 Å². The van der Waals surface area contributed by atoms with Crippen LogP contribution in [0.5, 0.6) is 0 Å². The van der Waals surface area contributed by atoms with Gasteiger partial charge in [-0.3, -0.25) is 0 Å². The van der Waals surface area contributed by atoms with Gasteiger partial charge in [0.15, 0.2) is 0 Å². The zero-order chi connectivity index (χ0) is 15.5. The van der Waals surface area contributed by atoms with Gasteiger partial charge in [0.1, 0.15) is 0 Å². The van der Waals surface area contributed by atoms with Crippen molar-refractivity contribution < 1.29 is 22.6 Å². The SMILES string of the molecule is CCC(CC)(COCCCOCCOC)CS(N)(=O)=O. The van der Waals surface area contributed by atoms with Crippen LogP contribution in [0.2, 0.25) is 0 Å². The van der Waals surface area contributed by atoms with Gasteiger partial charge in [0.05, 0.1) is 25.6 Å². The van der Waals surface area contributed by atoms with E-state index in [1.54, 1.807) is 7.11 Å². The summed E-state index contributed by atoms with van der Waals surface area (Å²) in [6, 6.07) is 0. The third kappa shape index (κ3) is 9.66. The number of hydrogen-bond donors (Lipinski definition) is 1. The van der Waals surface area contributed by atoms with E-state index in [9.17, 15) is 8.42 Å². The number of rotatable bonds is 13. The van der Waals surface area contributed by atoms with Gasteiger partial charge in [0.25, 0.3) is 0 Å². The summed E-state index contributed by atoms with van der Waals surface area (Å²) in [5.74, 6) is -0.0304. The molecule has 0 aliphatic rings. The summed E-state index contributed by atoms with van der Waals surface area (Å²) in [6.45, 7) is 6.68. The molecule has 122 valence electrons. The normalized spacial score (nSPS) is 12.8. The highest BCUT2D eigenvalue weighted by Gasteiger charge is 2.31. The van der Waals surface area contributed by atoms with Crippen molar-refractivity contribution in [3.8, 4) is 0 Å². The summed E-state index contributed by atoms with van der Waals surface area (Å²) in [7, 11) is -1.85. The molecule has 0 aromatic rings. The van der Waals surface area contributed by atoms with E-state index >= 15 is 0 Å². The molecule has 0 heterocycles. The molecule has 0 spiro atoms. The molecule has 0 saturated heterocycles. The van der Waals surface area contributed by atoms with E-state index in [1.807, 2.05) is 13.8 Å². The Bertz CT molecular complexity index is 328. The molecule has 0 fully saturated rings. The molecule has 20 heavy (non-hydrogen) atoms. The van der Waals surface area contributed by atoms with Crippen LogP contribution in [0.1, 0.15) is 33.1 Å². The molecule has 0 unspecified atom stereocenters. The van der Waals surface area contributed by atoms with E-state index in [0.29, 0.717) is 33.0 Å². The Morgan fingerprint density at radius 3 is 2.10 bits per heavy atom. The maximum atomic E-state index is 11.3. The lowest BCUT2D eigenvalue weighted by Gasteiger charge is -2.30. The zero-order valence-corrected chi connectivity index (χ0v) is 13.7. The maximum Gasteiger partial charge on any atom is 0.209 e. The Kier molecular flexibility index (Phi) is 10.4. The second-order valence-electron chi connectivity index (χ2n) is 5.03. The lowest BCUT2D eigenvalue weighted by atomic mass is 9.85. The van der Waals surface area contributed by atoms with Crippen LogP contribution in [0.3, 0.4) is 0 Å². The molecular weight excluding hydrogens is 282 g/mol. The minimum absolute atomic E-state index is 0.0304. The minimum Gasteiger partial charge on any atom is -0.382 e. The average molecular weight is 311 g/mol. The van der Waals surface area contributed by atoms with E-state index in [0.717, 1.165) is 19.3 Å². The fraction of sp³-hybridized carbons (Fsp3) is 1.00. The van der Waals surface area contributed by atoms with Crippen LogP contribution in [0.25, 0.3) is 0 Å². The molecule has 2 N–H and O–H groups in total. The molecule has 0 bridgehead atoms. The summed E-state index contributed by atoms with van der Waals surface area (Å²) in [5, 5.41) is 5.16. The van der Waals surface area contributed by atoms with Crippen molar-refractivity contribution in [3.05, 3.63) is 0 Å². The molecule has 0 rings (SSSR count). The van der Waals surface area contributed by atoms with Gasteiger partial charge in [-0.1, -0.05) is 13.8 Å². The van der Waals surface area contributed by atoms with Gasteiger partial charge >= 0.3 is 0 Å². The van der Waals surface area contributed by atoms with Crippen LogP contribution in [0, 0.1) is 5.41 Å². The first kappa shape index (κ1) is 19.8. The highest BCUT2D eigenvalue weighted by atomic mass is 32.2. The Hall–Kier alpha value is -0.210. The number of hydrogen-bond acceptors (Lipinski definition) is 5. The van der Waals surface area contributed by atoms with Crippen LogP contribution in [0.15, 0.2) is 0 Å². The molecule has 0 aromatic carbocycles. The van der Waals surface area contributed by atoms with Crippen molar-refractivity contribution in [2.45, 2.75) is 33.1 Å². The molecule has 0 aliphatic carbocycles. The molecule has 0 aliphatic heterocycles. The number of sulfonamides is 1. The highest BCUT2D eigenvalue weighted by Crippen LogP contribution is 2.28. The summed E-state index contributed by atoms with van der Waals surface area (Å²) in [5.41, 5.74) is -0.384. The third-order valence-corrected chi connectivity index (χ3v) is 4.44. The highest BCUT2D eigenvalue weighted by molar-refractivity contribution is 7.89. The minimum atomic E-state index is -3.48. The quantitative estimate of drug-likeness (QED) is 0.516. The fourth-order valence-corrected chi connectivity index (χ4v) is 3.27. The van der Waals surface area contributed by atoms with E-state index in [2.05, 4.69) is 0 Å². The Morgan fingerprint density at radius 2 is 1.60 bits per heavy atom. The number of ether oxygens (including phenoxy) is 3. The van der Waals surface area contributed by atoms with Gasteiger partial charge in [-0.15, -0.1) is 0 Å². The first-order valence-electron chi connectivity index (χ1n) is 7.04. The summed E-state index contributed by atoms with van der Waals surface area (Å²) >= 11 is 0. The molecule has 6 nitrogen and oxygen atoms in total. The Labute approximate surface area is 123 Å². The molecule has 7 heteroatoms. The van der Waals surface area contributed by atoms with Gasteiger partial charge in [-0.25, -0.2) is 13.6 Å². The molecule has 0 atom stereocenters. The van der Waals surface area contributed by atoms with E-state index in [-0.39, 0.29) is 11.2 Å². The Morgan fingerprint density at radius 1 is 1.00 bits per heavy atom. The van der Waals surface area contributed by atoms with Gasteiger partial charge < -0.3 is 14.2 Å². The van der Waals surface area contributed by atoms with Gasteiger partial charge in [-0.2, -0.15) is 0 Å². The summed E-state index contributed by atoms with van der Waals surface area (Å²) < 4.78 is 38.4. The van der Waals surface area contributed by atoms with Crippen molar-refractivity contribution in [2.24, 2.45) is 10.6 Å². The first-order valence-corrected chi connectivity index (χ1v) is 8.75. The molecule has 0 amide bonds. The maximum absolute atomic E-state index is 11.3.